The van der Waals surface area contributed by atoms with Gasteiger partial charge in [-0.3, -0.25) is 4.68 Å². The van der Waals surface area contributed by atoms with Crippen molar-refractivity contribution in [2.45, 2.75) is 33.2 Å². The summed E-state index contributed by atoms with van der Waals surface area (Å²) in [6.07, 6.45) is 2.08. The van der Waals surface area contributed by atoms with Gasteiger partial charge in [-0.25, -0.2) is 0 Å². The van der Waals surface area contributed by atoms with E-state index in [0.29, 0.717) is 5.92 Å². The molecule has 0 saturated heterocycles. The van der Waals surface area contributed by atoms with Crippen LogP contribution < -0.4 is 5.32 Å². The Labute approximate surface area is 126 Å². The summed E-state index contributed by atoms with van der Waals surface area (Å²) in [5.41, 5.74) is 4.63. The fraction of sp³-hybridized carbons (Fsp3) is 0.438. The summed E-state index contributed by atoms with van der Waals surface area (Å²) in [5.74, 6) is 0.402. The highest BCUT2D eigenvalue weighted by molar-refractivity contribution is 6.31. The normalized spacial score (nSPS) is 11.3. The minimum Gasteiger partial charge on any atom is -0.313 e. The molecule has 20 heavy (non-hydrogen) atoms. The zero-order valence-electron chi connectivity index (χ0n) is 12.6. The zero-order valence-corrected chi connectivity index (χ0v) is 13.3. The number of rotatable bonds is 5. The molecule has 0 saturated carbocycles. The van der Waals surface area contributed by atoms with Crippen LogP contribution in [0.1, 0.15) is 37.9 Å². The second-order valence-corrected chi connectivity index (χ2v) is 5.75. The van der Waals surface area contributed by atoms with Crippen molar-refractivity contribution in [2.75, 3.05) is 6.54 Å². The molecule has 0 aliphatic rings. The minimum atomic E-state index is 0.402. The molecule has 0 bridgehead atoms. The molecule has 3 nitrogen and oxygen atoms in total. The van der Waals surface area contributed by atoms with Crippen LogP contribution in [-0.4, -0.2) is 16.3 Å². The molecule has 0 amide bonds. The Bertz CT molecular complexity index is 587. The fourth-order valence-electron chi connectivity index (χ4n) is 2.29. The summed E-state index contributed by atoms with van der Waals surface area (Å²) in [4.78, 5) is 0. The van der Waals surface area contributed by atoms with Crippen molar-refractivity contribution in [2.24, 2.45) is 7.05 Å². The summed E-state index contributed by atoms with van der Waals surface area (Å²) in [7, 11) is 1.96. The van der Waals surface area contributed by atoms with Crippen LogP contribution in [0, 0.1) is 0 Å². The number of aromatic nitrogens is 2. The Morgan fingerprint density at radius 1 is 1.35 bits per heavy atom. The van der Waals surface area contributed by atoms with Gasteiger partial charge in [0.25, 0.3) is 0 Å². The fourth-order valence-corrected chi connectivity index (χ4v) is 2.48. The Kier molecular flexibility index (Phi) is 4.84. The van der Waals surface area contributed by atoms with Crippen LogP contribution >= 0.6 is 11.6 Å². The summed E-state index contributed by atoms with van der Waals surface area (Å²) in [6.45, 7) is 8.16. The monoisotopic (exact) mass is 291 g/mol. The van der Waals surface area contributed by atoms with E-state index in [1.54, 1.807) is 0 Å². The maximum absolute atomic E-state index is 6.27. The Balaban J connectivity index is 2.42. The highest BCUT2D eigenvalue weighted by atomic mass is 35.5. The zero-order chi connectivity index (χ0) is 14.7. The SMILES string of the molecule is CCNCc1cc(-c2cn(C)nc2C(C)C)ccc1Cl. The van der Waals surface area contributed by atoms with Crippen molar-refractivity contribution < 1.29 is 0 Å². The molecule has 0 radical (unpaired) electrons. The first-order valence-electron chi connectivity index (χ1n) is 7.06. The number of nitrogens with zero attached hydrogens (tertiary/aromatic N) is 2. The van der Waals surface area contributed by atoms with Gasteiger partial charge < -0.3 is 5.32 Å². The molecule has 2 rings (SSSR count). The van der Waals surface area contributed by atoms with Crippen LogP contribution in [0.2, 0.25) is 5.02 Å². The van der Waals surface area contributed by atoms with Gasteiger partial charge in [0.1, 0.15) is 0 Å². The lowest BCUT2D eigenvalue weighted by molar-refractivity contribution is 0.713. The van der Waals surface area contributed by atoms with Crippen molar-refractivity contribution in [3.05, 3.63) is 40.7 Å². The predicted molar refractivity (Wildman–Crippen MR) is 85.1 cm³/mol. The summed E-state index contributed by atoms with van der Waals surface area (Å²) < 4.78 is 1.88. The molecule has 1 N–H and O–H groups in total. The third kappa shape index (κ3) is 3.22. The molecule has 0 atom stereocenters. The topological polar surface area (TPSA) is 29.9 Å². The average molecular weight is 292 g/mol. The second kappa shape index (κ2) is 6.42. The first-order chi connectivity index (χ1) is 9.52. The molecule has 108 valence electrons. The Morgan fingerprint density at radius 3 is 2.75 bits per heavy atom. The molecule has 2 aromatic rings. The summed E-state index contributed by atoms with van der Waals surface area (Å²) in [6, 6.07) is 6.20. The molecule has 0 fully saturated rings. The molecule has 1 heterocycles. The third-order valence-electron chi connectivity index (χ3n) is 3.33. The highest BCUT2D eigenvalue weighted by Crippen LogP contribution is 2.30. The van der Waals surface area contributed by atoms with Crippen molar-refractivity contribution in [1.29, 1.82) is 0 Å². The number of benzene rings is 1. The summed E-state index contributed by atoms with van der Waals surface area (Å²) in [5, 5.41) is 8.70. The lowest BCUT2D eigenvalue weighted by Crippen LogP contribution is -2.12. The van der Waals surface area contributed by atoms with E-state index >= 15 is 0 Å². The van der Waals surface area contributed by atoms with Crippen LogP contribution in [0.4, 0.5) is 0 Å². The molecule has 4 heteroatoms. The van der Waals surface area contributed by atoms with Crippen molar-refractivity contribution >= 4 is 11.6 Å². The van der Waals surface area contributed by atoms with Crippen LogP contribution in [0.5, 0.6) is 0 Å². The first kappa shape index (κ1) is 15.1. The molecular formula is C16H22ClN3. The maximum atomic E-state index is 6.27. The second-order valence-electron chi connectivity index (χ2n) is 5.34. The van der Waals surface area contributed by atoms with Crippen LogP contribution in [0.25, 0.3) is 11.1 Å². The Morgan fingerprint density at radius 2 is 2.10 bits per heavy atom. The molecule has 0 unspecified atom stereocenters. The highest BCUT2D eigenvalue weighted by Gasteiger charge is 2.14. The minimum absolute atomic E-state index is 0.402. The van der Waals surface area contributed by atoms with E-state index in [2.05, 4.69) is 49.5 Å². The van der Waals surface area contributed by atoms with E-state index in [1.807, 2.05) is 17.8 Å². The number of hydrogen-bond donors (Lipinski definition) is 1. The number of nitrogens with one attached hydrogen (secondary N) is 1. The van der Waals surface area contributed by atoms with Crippen LogP contribution in [-0.2, 0) is 13.6 Å². The summed E-state index contributed by atoms with van der Waals surface area (Å²) >= 11 is 6.27. The van der Waals surface area contributed by atoms with Gasteiger partial charge in [0.05, 0.1) is 5.69 Å². The predicted octanol–water partition coefficient (Wildman–Crippen LogP) is 3.97. The first-order valence-corrected chi connectivity index (χ1v) is 7.43. The largest absolute Gasteiger partial charge is 0.313 e. The van der Waals surface area contributed by atoms with E-state index < -0.39 is 0 Å². The van der Waals surface area contributed by atoms with Gasteiger partial charge in [-0.05, 0) is 35.7 Å². The average Bonchev–Trinajstić information content (AvgIpc) is 2.80. The maximum Gasteiger partial charge on any atom is 0.0728 e. The standard InChI is InChI=1S/C16H22ClN3/c1-5-18-9-13-8-12(6-7-15(13)17)14-10-20(4)19-16(14)11(2)3/h6-8,10-11,18H,5,9H2,1-4H3. The van der Waals surface area contributed by atoms with Crippen molar-refractivity contribution in [1.82, 2.24) is 15.1 Å². The van der Waals surface area contributed by atoms with Gasteiger partial charge in [-0.2, -0.15) is 5.10 Å². The quantitative estimate of drug-likeness (QED) is 0.903. The van der Waals surface area contributed by atoms with E-state index in [4.69, 9.17) is 11.6 Å². The molecule has 0 aliphatic carbocycles. The molecule has 0 aliphatic heterocycles. The smallest absolute Gasteiger partial charge is 0.0728 e. The lowest BCUT2D eigenvalue weighted by Gasteiger charge is -2.09. The van der Waals surface area contributed by atoms with Crippen molar-refractivity contribution in [3.63, 3.8) is 0 Å². The van der Waals surface area contributed by atoms with Crippen LogP contribution in [0.3, 0.4) is 0 Å². The van der Waals surface area contributed by atoms with E-state index in [1.165, 1.54) is 11.1 Å². The van der Waals surface area contributed by atoms with Crippen LogP contribution in [0.15, 0.2) is 24.4 Å². The van der Waals surface area contributed by atoms with Gasteiger partial charge >= 0.3 is 0 Å². The Hall–Kier alpha value is -1.32. The van der Waals surface area contributed by atoms with Gasteiger partial charge in [-0.15, -0.1) is 0 Å². The van der Waals surface area contributed by atoms with Gasteiger partial charge in [0.2, 0.25) is 0 Å². The van der Waals surface area contributed by atoms with Crippen molar-refractivity contribution in [3.8, 4) is 11.1 Å². The molecule has 0 spiro atoms. The molecular weight excluding hydrogens is 270 g/mol. The van der Waals surface area contributed by atoms with Gasteiger partial charge in [0, 0.05) is 30.4 Å². The third-order valence-corrected chi connectivity index (χ3v) is 3.70. The molecule has 1 aromatic heterocycles. The van der Waals surface area contributed by atoms with E-state index in [0.717, 1.165) is 29.4 Å². The number of aryl methyl sites for hydroxylation is 1. The molecule has 1 aromatic carbocycles. The van der Waals surface area contributed by atoms with E-state index in [-0.39, 0.29) is 0 Å². The van der Waals surface area contributed by atoms with Gasteiger partial charge in [-0.1, -0.05) is 38.4 Å². The lowest BCUT2D eigenvalue weighted by atomic mass is 9.98. The van der Waals surface area contributed by atoms with E-state index in [9.17, 15) is 0 Å². The van der Waals surface area contributed by atoms with Gasteiger partial charge in [0.15, 0.2) is 0 Å². The number of hydrogen-bond acceptors (Lipinski definition) is 2. The number of halogens is 1.